The molecule has 2 N–H and O–H groups in total. The van der Waals surface area contributed by atoms with E-state index in [9.17, 15) is 9.59 Å². The van der Waals surface area contributed by atoms with Gasteiger partial charge in [-0.3, -0.25) is 4.40 Å². The van der Waals surface area contributed by atoms with Gasteiger partial charge in [0.1, 0.15) is 11.4 Å². The van der Waals surface area contributed by atoms with Gasteiger partial charge in [0.2, 0.25) is 0 Å². The number of carboxylic acids is 2. The molecule has 0 spiro atoms. The van der Waals surface area contributed by atoms with Crippen LogP contribution >= 0.6 is 11.6 Å². The lowest BCUT2D eigenvalue weighted by Crippen LogP contribution is -2.10. The minimum absolute atomic E-state index is 0.264. The van der Waals surface area contributed by atoms with Crippen molar-refractivity contribution in [1.29, 1.82) is 0 Å². The molecule has 0 fully saturated rings. The van der Waals surface area contributed by atoms with Gasteiger partial charge in [-0.25, -0.2) is 14.6 Å². The summed E-state index contributed by atoms with van der Waals surface area (Å²) in [5.74, 6) is -2.48. The average molecular weight is 343 g/mol. The third-order valence-electron chi connectivity index (χ3n) is 3.42. The molecule has 2 aromatic heterocycles. The Hall–Kier alpha value is -3.12. The fourth-order valence-corrected chi connectivity index (χ4v) is 2.45. The number of pyridine rings is 1. The molecule has 0 amide bonds. The van der Waals surface area contributed by atoms with Crippen LogP contribution in [0.15, 0.2) is 54.2 Å². The van der Waals surface area contributed by atoms with Crippen LogP contribution in [0.5, 0.6) is 0 Å². The van der Waals surface area contributed by atoms with Gasteiger partial charge >= 0.3 is 11.9 Å². The summed E-state index contributed by atoms with van der Waals surface area (Å²) in [4.78, 5) is 26.6. The van der Waals surface area contributed by atoms with Crippen molar-refractivity contribution >= 4 is 35.1 Å². The van der Waals surface area contributed by atoms with E-state index >= 15 is 0 Å². The minimum Gasteiger partial charge on any atom is -0.477 e. The van der Waals surface area contributed by atoms with E-state index in [0.717, 1.165) is 11.6 Å². The van der Waals surface area contributed by atoms with E-state index in [1.807, 2.05) is 0 Å². The zero-order valence-electron chi connectivity index (χ0n) is 12.2. The number of halogens is 1. The van der Waals surface area contributed by atoms with Crippen LogP contribution in [0.1, 0.15) is 5.69 Å². The fraction of sp³-hybridized carbons (Fsp3) is 0. The summed E-state index contributed by atoms with van der Waals surface area (Å²) in [5.41, 5.74) is 0.886. The highest BCUT2D eigenvalue weighted by Gasteiger charge is 2.19. The van der Waals surface area contributed by atoms with Crippen LogP contribution in [-0.4, -0.2) is 31.5 Å². The molecule has 0 unspecified atom stereocenters. The molecule has 0 aliphatic heterocycles. The number of benzene rings is 1. The van der Waals surface area contributed by atoms with E-state index in [1.54, 1.807) is 53.1 Å². The van der Waals surface area contributed by atoms with Crippen molar-refractivity contribution in [2.75, 3.05) is 0 Å². The molecule has 120 valence electrons. The maximum Gasteiger partial charge on any atom is 0.343 e. The van der Waals surface area contributed by atoms with E-state index in [1.165, 1.54) is 0 Å². The van der Waals surface area contributed by atoms with Crippen LogP contribution in [-0.2, 0) is 9.59 Å². The molecule has 7 heteroatoms. The Bertz CT molecular complexity index is 958. The lowest BCUT2D eigenvalue weighted by molar-refractivity contribution is -0.140. The topological polar surface area (TPSA) is 91.9 Å². The van der Waals surface area contributed by atoms with Crippen LogP contribution in [0.25, 0.3) is 23.0 Å². The maximum absolute atomic E-state index is 11.1. The monoisotopic (exact) mass is 342 g/mol. The Kier molecular flexibility index (Phi) is 4.05. The van der Waals surface area contributed by atoms with Crippen molar-refractivity contribution < 1.29 is 19.8 Å². The molecule has 0 saturated heterocycles. The Morgan fingerprint density at radius 3 is 2.33 bits per heavy atom. The summed E-state index contributed by atoms with van der Waals surface area (Å²) >= 11 is 5.89. The maximum atomic E-state index is 11.1. The number of hydrogen-bond acceptors (Lipinski definition) is 3. The highest BCUT2D eigenvalue weighted by Crippen LogP contribution is 2.25. The van der Waals surface area contributed by atoms with E-state index in [0.29, 0.717) is 16.4 Å². The van der Waals surface area contributed by atoms with Crippen molar-refractivity contribution in [2.45, 2.75) is 0 Å². The summed E-state index contributed by atoms with van der Waals surface area (Å²) in [6.07, 6.45) is 2.82. The number of rotatable bonds is 4. The number of aliphatic carboxylic acids is 2. The number of fused-ring (bicyclic) bond motifs is 1. The number of carboxylic acid groups (broad SMARTS) is 2. The normalized spacial score (nSPS) is 10.5. The summed E-state index contributed by atoms with van der Waals surface area (Å²) in [7, 11) is 0. The molecule has 0 bridgehead atoms. The van der Waals surface area contributed by atoms with E-state index in [-0.39, 0.29) is 5.69 Å². The van der Waals surface area contributed by atoms with Crippen molar-refractivity contribution in [3.8, 4) is 11.4 Å². The molecular weight excluding hydrogens is 332 g/mol. The number of nitrogens with zero attached hydrogens (tertiary/aromatic N) is 2. The molecule has 3 rings (SSSR count). The average Bonchev–Trinajstić information content (AvgIpc) is 2.91. The van der Waals surface area contributed by atoms with Gasteiger partial charge in [-0.15, -0.1) is 0 Å². The zero-order chi connectivity index (χ0) is 17.3. The Morgan fingerprint density at radius 2 is 1.71 bits per heavy atom. The molecule has 0 aliphatic rings. The summed E-state index contributed by atoms with van der Waals surface area (Å²) < 4.78 is 1.76. The Morgan fingerprint density at radius 1 is 1.04 bits per heavy atom. The zero-order valence-corrected chi connectivity index (χ0v) is 12.9. The quantitative estimate of drug-likeness (QED) is 0.431. The molecule has 0 aliphatic carbocycles. The first-order valence-corrected chi connectivity index (χ1v) is 7.26. The van der Waals surface area contributed by atoms with Gasteiger partial charge < -0.3 is 10.2 Å². The number of hydrogen-bond donors (Lipinski definition) is 2. The van der Waals surface area contributed by atoms with Gasteiger partial charge in [0, 0.05) is 16.8 Å². The molecule has 0 atom stereocenters. The van der Waals surface area contributed by atoms with E-state index < -0.39 is 17.5 Å². The highest BCUT2D eigenvalue weighted by molar-refractivity contribution is 6.30. The van der Waals surface area contributed by atoms with Crippen LogP contribution in [0.4, 0.5) is 0 Å². The van der Waals surface area contributed by atoms with Crippen LogP contribution in [0.2, 0.25) is 5.02 Å². The van der Waals surface area contributed by atoms with E-state index in [4.69, 9.17) is 21.8 Å². The first kappa shape index (κ1) is 15.8. The third-order valence-corrected chi connectivity index (χ3v) is 3.67. The van der Waals surface area contributed by atoms with Crippen molar-refractivity contribution in [1.82, 2.24) is 9.38 Å². The van der Waals surface area contributed by atoms with Crippen LogP contribution in [0.3, 0.4) is 0 Å². The molecule has 0 radical (unpaired) electrons. The first-order valence-electron chi connectivity index (χ1n) is 6.88. The standard InChI is InChI=1S/C17H11ClN2O4/c18-11-6-4-10(5-7-11)15-19-13(9-12(16(21)22)17(23)24)14-3-1-2-8-20(14)15/h1-9H,(H,21,22)(H,23,24). The molecule has 24 heavy (non-hydrogen) atoms. The Balaban J connectivity index is 2.24. The number of imidazole rings is 1. The van der Waals surface area contributed by atoms with Gasteiger partial charge in [0.25, 0.3) is 0 Å². The second-order valence-electron chi connectivity index (χ2n) is 4.95. The van der Waals surface area contributed by atoms with Gasteiger partial charge in [-0.2, -0.15) is 0 Å². The van der Waals surface area contributed by atoms with Crippen molar-refractivity contribution in [3.63, 3.8) is 0 Å². The van der Waals surface area contributed by atoms with E-state index in [2.05, 4.69) is 4.98 Å². The van der Waals surface area contributed by atoms with Gasteiger partial charge in [-0.05, 0) is 42.5 Å². The smallest absolute Gasteiger partial charge is 0.343 e. The second-order valence-corrected chi connectivity index (χ2v) is 5.39. The van der Waals surface area contributed by atoms with Gasteiger partial charge in [-0.1, -0.05) is 17.7 Å². The van der Waals surface area contributed by atoms with Crippen LogP contribution < -0.4 is 0 Å². The first-order chi connectivity index (χ1) is 11.5. The predicted molar refractivity (Wildman–Crippen MR) is 88.9 cm³/mol. The lowest BCUT2D eigenvalue weighted by Gasteiger charge is -2.00. The molecule has 2 heterocycles. The third kappa shape index (κ3) is 2.87. The molecule has 1 aromatic carbocycles. The predicted octanol–water partition coefficient (Wildman–Crippen LogP) is 3.21. The highest BCUT2D eigenvalue weighted by atomic mass is 35.5. The summed E-state index contributed by atoms with van der Waals surface area (Å²) in [6.45, 7) is 0. The molecule has 0 saturated carbocycles. The number of aromatic nitrogens is 2. The minimum atomic E-state index is -1.52. The lowest BCUT2D eigenvalue weighted by atomic mass is 10.2. The van der Waals surface area contributed by atoms with Crippen molar-refractivity contribution in [2.24, 2.45) is 0 Å². The molecule has 3 aromatic rings. The van der Waals surface area contributed by atoms with Gasteiger partial charge in [0.15, 0.2) is 0 Å². The number of carbonyl (C=O) groups is 2. The largest absolute Gasteiger partial charge is 0.477 e. The molecular formula is C17H11ClN2O4. The summed E-state index contributed by atoms with van der Waals surface area (Å²) in [5, 5.41) is 18.6. The SMILES string of the molecule is O=C(O)C(=Cc1nc(-c2ccc(Cl)cc2)n2ccccc12)C(=O)O. The Labute approximate surface area is 141 Å². The van der Waals surface area contributed by atoms with Gasteiger partial charge in [0.05, 0.1) is 11.2 Å². The second kappa shape index (κ2) is 6.17. The van der Waals surface area contributed by atoms with Crippen molar-refractivity contribution in [3.05, 3.63) is 65.0 Å². The fourth-order valence-electron chi connectivity index (χ4n) is 2.32. The van der Waals surface area contributed by atoms with Crippen LogP contribution in [0, 0.1) is 0 Å². The summed E-state index contributed by atoms with van der Waals surface area (Å²) in [6, 6.07) is 12.3. The molecule has 6 nitrogen and oxygen atoms in total.